The number of carboxylic acid groups (broad SMARTS) is 1. The summed E-state index contributed by atoms with van der Waals surface area (Å²) in [6, 6.07) is 9.67. The van der Waals surface area contributed by atoms with Crippen LogP contribution in [0.1, 0.15) is 52.0 Å². The second-order valence-electron chi connectivity index (χ2n) is 4.99. The quantitative estimate of drug-likeness (QED) is 0.783. The zero-order valence-corrected chi connectivity index (χ0v) is 11.6. The second kappa shape index (κ2) is 6.58. The Morgan fingerprint density at radius 2 is 1.72 bits per heavy atom. The minimum absolute atomic E-state index is 0.473. The first-order chi connectivity index (χ1) is 8.60. The Kier molecular flexibility index (Phi) is 5.39. The lowest BCUT2D eigenvalue weighted by atomic mass is 9.71. The number of aliphatic carboxylic acids is 1. The second-order valence-corrected chi connectivity index (χ2v) is 4.99. The maximum atomic E-state index is 11.8. The van der Waals surface area contributed by atoms with Gasteiger partial charge in [-0.15, -0.1) is 0 Å². The molecule has 100 valence electrons. The molecular formula is C16H24O2. The third-order valence-corrected chi connectivity index (χ3v) is 4.13. The lowest BCUT2D eigenvalue weighted by Crippen LogP contribution is -2.37. The molecule has 0 saturated heterocycles. The van der Waals surface area contributed by atoms with Crippen LogP contribution < -0.4 is 0 Å². The molecule has 0 aliphatic carbocycles. The van der Waals surface area contributed by atoms with E-state index < -0.39 is 11.4 Å². The Morgan fingerprint density at radius 1 is 1.17 bits per heavy atom. The van der Waals surface area contributed by atoms with E-state index in [0.717, 1.165) is 24.8 Å². The number of rotatable bonds is 7. The van der Waals surface area contributed by atoms with Gasteiger partial charge in [-0.3, -0.25) is 4.79 Å². The molecule has 0 saturated carbocycles. The number of carboxylic acids is 1. The molecule has 0 heterocycles. The van der Waals surface area contributed by atoms with E-state index in [1.807, 2.05) is 37.3 Å². The summed E-state index contributed by atoms with van der Waals surface area (Å²) in [7, 11) is 0. The van der Waals surface area contributed by atoms with Gasteiger partial charge < -0.3 is 5.11 Å². The summed E-state index contributed by atoms with van der Waals surface area (Å²) in [5.74, 6) is -0.218. The Hall–Kier alpha value is -1.31. The molecule has 0 fully saturated rings. The molecule has 0 aliphatic heterocycles. The van der Waals surface area contributed by atoms with Crippen LogP contribution in [-0.2, 0) is 10.2 Å². The normalized spacial score (nSPS) is 14.4. The van der Waals surface area contributed by atoms with Gasteiger partial charge in [0.15, 0.2) is 0 Å². The zero-order valence-electron chi connectivity index (χ0n) is 11.6. The Morgan fingerprint density at radius 3 is 2.11 bits per heavy atom. The summed E-state index contributed by atoms with van der Waals surface area (Å²) >= 11 is 0. The first-order valence-electron chi connectivity index (χ1n) is 6.89. The average molecular weight is 248 g/mol. The fourth-order valence-corrected chi connectivity index (χ4v) is 2.66. The fourth-order valence-electron chi connectivity index (χ4n) is 2.66. The van der Waals surface area contributed by atoms with Gasteiger partial charge in [-0.1, -0.05) is 63.9 Å². The highest BCUT2D eigenvalue weighted by Crippen LogP contribution is 2.37. The van der Waals surface area contributed by atoms with Crippen molar-refractivity contribution in [3.8, 4) is 0 Å². The van der Waals surface area contributed by atoms with Gasteiger partial charge in [0.2, 0.25) is 0 Å². The van der Waals surface area contributed by atoms with Crippen LogP contribution in [0.5, 0.6) is 0 Å². The molecule has 0 amide bonds. The van der Waals surface area contributed by atoms with Crippen molar-refractivity contribution in [1.82, 2.24) is 0 Å². The predicted octanol–water partition coefficient (Wildman–Crippen LogP) is 4.25. The van der Waals surface area contributed by atoms with Crippen LogP contribution in [0.2, 0.25) is 0 Å². The van der Waals surface area contributed by atoms with Crippen LogP contribution >= 0.6 is 0 Å². The van der Waals surface area contributed by atoms with Gasteiger partial charge in [-0.2, -0.15) is 0 Å². The van der Waals surface area contributed by atoms with Crippen molar-refractivity contribution >= 4 is 5.97 Å². The van der Waals surface area contributed by atoms with Gasteiger partial charge in [-0.05, 0) is 24.3 Å². The van der Waals surface area contributed by atoms with Gasteiger partial charge >= 0.3 is 5.97 Å². The highest BCUT2D eigenvalue weighted by Gasteiger charge is 2.39. The minimum Gasteiger partial charge on any atom is -0.481 e. The monoisotopic (exact) mass is 248 g/mol. The summed E-state index contributed by atoms with van der Waals surface area (Å²) in [5.41, 5.74) is 0.213. The van der Waals surface area contributed by atoms with E-state index in [9.17, 15) is 9.90 Å². The van der Waals surface area contributed by atoms with Gasteiger partial charge in [0.05, 0.1) is 5.41 Å². The summed E-state index contributed by atoms with van der Waals surface area (Å²) in [6.07, 6.45) is 3.45. The highest BCUT2D eigenvalue weighted by atomic mass is 16.4. The smallest absolute Gasteiger partial charge is 0.314 e. The molecule has 0 aromatic heterocycles. The lowest BCUT2D eigenvalue weighted by molar-refractivity contribution is -0.145. The fraction of sp³-hybridized carbons (Fsp3) is 0.562. The molecule has 1 aromatic rings. The number of hydrogen-bond acceptors (Lipinski definition) is 1. The third kappa shape index (κ3) is 2.92. The zero-order chi connectivity index (χ0) is 13.6. The number of hydrogen-bond donors (Lipinski definition) is 1. The van der Waals surface area contributed by atoms with E-state index in [1.54, 1.807) is 0 Å². The van der Waals surface area contributed by atoms with Crippen LogP contribution in [0.4, 0.5) is 0 Å². The van der Waals surface area contributed by atoms with E-state index in [-0.39, 0.29) is 0 Å². The van der Waals surface area contributed by atoms with E-state index in [4.69, 9.17) is 0 Å². The van der Waals surface area contributed by atoms with Crippen molar-refractivity contribution in [2.75, 3.05) is 0 Å². The highest BCUT2D eigenvalue weighted by molar-refractivity contribution is 5.81. The molecule has 0 spiro atoms. The van der Waals surface area contributed by atoms with Crippen molar-refractivity contribution in [1.29, 1.82) is 0 Å². The number of carbonyl (C=O) groups is 1. The molecule has 0 bridgehead atoms. The van der Waals surface area contributed by atoms with Crippen LogP contribution in [0.25, 0.3) is 0 Å². The van der Waals surface area contributed by atoms with Crippen LogP contribution in [0.3, 0.4) is 0 Å². The molecule has 18 heavy (non-hydrogen) atoms. The topological polar surface area (TPSA) is 37.3 Å². The third-order valence-electron chi connectivity index (χ3n) is 4.13. The molecule has 1 unspecified atom stereocenters. The van der Waals surface area contributed by atoms with Crippen LogP contribution in [0, 0.1) is 5.92 Å². The maximum absolute atomic E-state index is 11.8. The average Bonchev–Trinajstić information content (AvgIpc) is 2.41. The predicted molar refractivity (Wildman–Crippen MR) is 74.7 cm³/mol. The van der Waals surface area contributed by atoms with Gasteiger partial charge in [0.1, 0.15) is 0 Å². The summed E-state index contributed by atoms with van der Waals surface area (Å²) in [5, 5.41) is 9.72. The first-order valence-corrected chi connectivity index (χ1v) is 6.89. The van der Waals surface area contributed by atoms with Gasteiger partial charge in [0.25, 0.3) is 0 Å². The van der Waals surface area contributed by atoms with E-state index in [0.29, 0.717) is 12.3 Å². The lowest BCUT2D eigenvalue weighted by Gasteiger charge is -2.32. The first kappa shape index (κ1) is 14.7. The molecule has 1 aromatic carbocycles. The summed E-state index contributed by atoms with van der Waals surface area (Å²) in [6.45, 7) is 6.26. The standard InChI is InChI=1S/C16H24O2/c1-4-13(5-2)12-16(6-3,15(17)18)14-10-8-7-9-11-14/h7-11,13H,4-6,12H2,1-3H3,(H,17,18). The van der Waals surface area contributed by atoms with Crippen LogP contribution in [-0.4, -0.2) is 11.1 Å². The maximum Gasteiger partial charge on any atom is 0.314 e. The molecule has 2 nitrogen and oxygen atoms in total. The van der Waals surface area contributed by atoms with Crippen molar-refractivity contribution in [3.05, 3.63) is 35.9 Å². The van der Waals surface area contributed by atoms with E-state index >= 15 is 0 Å². The van der Waals surface area contributed by atoms with E-state index in [1.165, 1.54) is 0 Å². The van der Waals surface area contributed by atoms with Gasteiger partial charge in [0, 0.05) is 0 Å². The molecule has 1 rings (SSSR count). The Balaban J connectivity index is 3.14. The molecule has 2 heteroatoms. The van der Waals surface area contributed by atoms with Crippen molar-refractivity contribution in [3.63, 3.8) is 0 Å². The van der Waals surface area contributed by atoms with Crippen molar-refractivity contribution in [2.24, 2.45) is 5.92 Å². The molecule has 0 aliphatic rings. The largest absolute Gasteiger partial charge is 0.481 e. The molecular weight excluding hydrogens is 224 g/mol. The summed E-state index contributed by atoms with van der Waals surface area (Å²) in [4.78, 5) is 11.8. The van der Waals surface area contributed by atoms with Crippen LogP contribution in [0.15, 0.2) is 30.3 Å². The van der Waals surface area contributed by atoms with Crippen molar-refractivity contribution < 1.29 is 9.90 Å². The Bertz CT molecular complexity index is 368. The molecule has 0 radical (unpaired) electrons. The Labute approximate surface area is 110 Å². The van der Waals surface area contributed by atoms with Crippen molar-refractivity contribution in [2.45, 2.75) is 51.9 Å². The molecule has 1 N–H and O–H groups in total. The molecule has 1 atom stereocenters. The van der Waals surface area contributed by atoms with Gasteiger partial charge in [-0.25, -0.2) is 0 Å². The minimum atomic E-state index is -0.724. The van der Waals surface area contributed by atoms with E-state index in [2.05, 4.69) is 13.8 Å². The summed E-state index contributed by atoms with van der Waals surface area (Å²) < 4.78 is 0. The number of benzene rings is 1. The SMILES string of the molecule is CCC(CC)CC(CC)(C(=O)O)c1ccccc1.